The zero-order chi connectivity index (χ0) is 13.6. The lowest BCUT2D eigenvalue weighted by atomic mass is 9.83. The van der Waals surface area contributed by atoms with Crippen LogP contribution in [0.15, 0.2) is 0 Å². The Morgan fingerprint density at radius 2 is 2.17 bits per heavy atom. The number of carbonyl (C=O) groups is 2. The largest absolute Gasteiger partial charge is 0.396 e. The second-order valence-corrected chi connectivity index (χ2v) is 5.12. The van der Waals surface area contributed by atoms with E-state index in [-0.39, 0.29) is 29.8 Å². The van der Waals surface area contributed by atoms with Crippen molar-refractivity contribution in [1.29, 1.82) is 0 Å². The van der Waals surface area contributed by atoms with Crippen LogP contribution < -0.4 is 10.6 Å². The molecular weight excluding hydrogens is 232 g/mol. The fraction of sp³-hybridized carbons (Fsp3) is 0.846. The van der Waals surface area contributed by atoms with Crippen LogP contribution in [0, 0.1) is 11.3 Å². The highest BCUT2D eigenvalue weighted by atomic mass is 16.3. The third-order valence-corrected chi connectivity index (χ3v) is 4.11. The fourth-order valence-electron chi connectivity index (χ4n) is 2.16. The van der Waals surface area contributed by atoms with E-state index >= 15 is 0 Å². The molecule has 0 bridgehead atoms. The summed E-state index contributed by atoms with van der Waals surface area (Å²) >= 11 is 0. The van der Waals surface area contributed by atoms with E-state index in [1.165, 1.54) is 0 Å². The number of aliphatic hydroxyl groups excluding tert-OH is 1. The monoisotopic (exact) mass is 256 g/mol. The third kappa shape index (κ3) is 3.70. The number of aliphatic hydroxyl groups is 1. The Labute approximate surface area is 108 Å². The van der Waals surface area contributed by atoms with Gasteiger partial charge in [-0.3, -0.25) is 9.59 Å². The Morgan fingerprint density at radius 1 is 1.50 bits per heavy atom. The van der Waals surface area contributed by atoms with E-state index in [2.05, 4.69) is 10.6 Å². The summed E-state index contributed by atoms with van der Waals surface area (Å²) in [6.45, 7) is 5.05. The molecule has 0 aromatic heterocycles. The lowest BCUT2D eigenvalue weighted by Gasteiger charge is -2.31. The van der Waals surface area contributed by atoms with Crippen LogP contribution in [-0.2, 0) is 9.59 Å². The number of hydrogen-bond donors (Lipinski definition) is 3. The highest BCUT2D eigenvalue weighted by molar-refractivity contribution is 5.83. The minimum absolute atomic E-state index is 0.0188. The number of nitrogens with one attached hydrogen (secondary N) is 2. The molecule has 1 aliphatic rings. The van der Waals surface area contributed by atoms with Gasteiger partial charge < -0.3 is 15.7 Å². The normalized spacial score (nSPS) is 20.4. The highest BCUT2D eigenvalue weighted by Crippen LogP contribution is 2.24. The first kappa shape index (κ1) is 15.0. The smallest absolute Gasteiger partial charge is 0.224 e. The molecule has 1 saturated heterocycles. The molecule has 1 atom stereocenters. The van der Waals surface area contributed by atoms with Gasteiger partial charge in [-0.05, 0) is 19.3 Å². The van der Waals surface area contributed by atoms with Crippen LogP contribution in [0.3, 0.4) is 0 Å². The van der Waals surface area contributed by atoms with Crippen molar-refractivity contribution in [3.63, 3.8) is 0 Å². The van der Waals surface area contributed by atoms with Crippen LogP contribution in [0.5, 0.6) is 0 Å². The number of carbonyl (C=O) groups excluding carboxylic acids is 2. The third-order valence-electron chi connectivity index (χ3n) is 4.11. The highest BCUT2D eigenvalue weighted by Gasteiger charge is 2.29. The van der Waals surface area contributed by atoms with Gasteiger partial charge in [0.05, 0.1) is 12.5 Å². The summed E-state index contributed by atoms with van der Waals surface area (Å²) in [6.07, 6.45) is 2.70. The van der Waals surface area contributed by atoms with E-state index in [1.807, 2.05) is 13.8 Å². The van der Waals surface area contributed by atoms with E-state index in [9.17, 15) is 14.7 Å². The summed E-state index contributed by atoms with van der Waals surface area (Å²) in [6, 6.07) is 0. The van der Waals surface area contributed by atoms with Gasteiger partial charge in [0, 0.05) is 24.9 Å². The molecule has 0 aliphatic carbocycles. The molecule has 5 heteroatoms. The van der Waals surface area contributed by atoms with Crippen LogP contribution in [0.1, 0.15) is 39.5 Å². The molecule has 0 saturated carbocycles. The molecule has 0 aromatic rings. The second kappa shape index (κ2) is 6.73. The van der Waals surface area contributed by atoms with Crippen molar-refractivity contribution in [2.45, 2.75) is 39.5 Å². The number of piperidine rings is 1. The quantitative estimate of drug-likeness (QED) is 0.645. The summed E-state index contributed by atoms with van der Waals surface area (Å²) in [5.41, 5.74) is -0.215. The predicted molar refractivity (Wildman–Crippen MR) is 68.8 cm³/mol. The first-order valence-corrected chi connectivity index (χ1v) is 6.72. The maximum atomic E-state index is 12.0. The molecule has 3 N–H and O–H groups in total. The topological polar surface area (TPSA) is 78.4 Å². The maximum Gasteiger partial charge on any atom is 0.224 e. The van der Waals surface area contributed by atoms with Gasteiger partial charge in [-0.15, -0.1) is 0 Å². The van der Waals surface area contributed by atoms with Crippen molar-refractivity contribution in [3.8, 4) is 0 Å². The van der Waals surface area contributed by atoms with E-state index in [0.717, 1.165) is 12.8 Å². The second-order valence-electron chi connectivity index (χ2n) is 5.12. The zero-order valence-electron chi connectivity index (χ0n) is 11.3. The minimum Gasteiger partial charge on any atom is -0.396 e. The van der Waals surface area contributed by atoms with Crippen LogP contribution in [-0.4, -0.2) is 36.6 Å². The average Bonchev–Trinajstić information content (AvgIpc) is 2.41. The molecule has 2 amide bonds. The van der Waals surface area contributed by atoms with Gasteiger partial charge in [-0.1, -0.05) is 13.8 Å². The molecule has 1 fully saturated rings. The van der Waals surface area contributed by atoms with E-state index in [4.69, 9.17) is 0 Å². The van der Waals surface area contributed by atoms with E-state index in [1.54, 1.807) is 0 Å². The van der Waals surface area contributed by atoms with Gasteiger partial charge in [0.15, 0.2) is 0 Å². The zero-order valence-corrected chi connectivity index (χ0v) is 11.3. The van der Waals surface area contributed by atoms with Crippen LogP contribution in [0.4, 0.5) is 0 Å². The van der Waals surface area contributed by atoms with Crippen LogP contribution in [0.2, 0.25) is 0 Å². The van der Waals surface area contributed by atoms with E-state index in [0.29, 0.717) is 25.9 Å². The summed E-state index contributed by atoms with van der Waals surface area (Å²) in [4.78, 5) is 23.0. The summed E-state index contributed by atoms with van der Waals surface area (Å²) in [5.74, 6) is -0.131. The lowest BCUT2D eigenvalue weighted by molar-refractivity contribution is -0.129. The Balaban J connectivity index is 2.42. The summed E-state index contributed by atoms with van der Waals surface area (Å²) in [5, 5.41) is 15.0. The molecular formula is C13H24N2O3. The first-order valence-electron chi connectivity index (χ1n) is 6.72. The van der Waals surface area contributed by atoms with Gasteiger partial charge in [0.2, 0.25) is 11.8 Å². The standard InChI is InChI=1S/C13H24N2O3/c1-3-13(4-2,9-16)8-15-12(18)10-5-6-11(17)14-7-10/h10,16H,3-9H2,1-2H3,(H,14,17)(H,15,18). The molecule has 1 unspecified atom stereocenters. The lowest BCUT2D eigenvalue weighted by Crippen LogP contribution is -2.46. The Bertz CT molecular complexity index is 282. The van der Waals surface area contributed by atoms with Gasteiger partial charge in [0.25, 0.3) is 0 Å². The van der Waals surface area contributed by atoms with Crippen molar-refractivity contribution < 1.29 is 14.7 Å². The predicted octanol–water partition coefficient (Wildman–Crippen LogP) is 0.428. The maximum absolute atomic E-state index is 12.0. The van der Waals surface area contributed by atoms with Crippen molar-refractivity contribution in [1.82, 2.24) is 10.6 Å². The molecule has 0 aromatic carbocycles. The van der Waals surface area contributed by atoms with Gasteiger partial charge in [-0.25, -0.2) is 0 Å². The van der Waals surface area contributed by atoms with Crippen LogP contribution >= 0.6 is 0 Å². The molecule has 104 valence electrons. The number of rotatable bonds is 6. The van der Waals surface area contributed by atoms with Crippen LogP contribution in [0.25, 0.3) is 0 Å². The van der Waals surface area contributed by atoms with Crippen molar-refractivity contribution >= 4 is 11.8 Å². The van der Waals surface area contributed by atoms with Gasteiger partial charge >= 0.3 is 0 Å². The van der Waals surface area contributed by atoms with Gasteiger partial charge in [-0.2, -0.15) is 0 Å². The molecule has 1 heterocycles. The summed E-state index contributed by atoms with van der Waals surface area (Å²) in [7, 11) is 0. The van der Waals surface area contributed by atoms with Crippen molar-refractivity contribution in [2.24, 2.45) is 11.3 Å². The Kier molecular flexibility index (Phi) is 5.59. The van der Waals surface area contributed by atoms with Crippen molar-refractivity contribution in [3.05, 3.63) is 0 Å². The number of amides is 2. The Hall–Kier alpha value is -1.10. The van der Waals surface area contributed by atoms with Crippen molar-refractivity contribution in [2.75, 3.05) is 19.7 Å². The molecule has 1 aliphatic heterocycles. The summed E-state index contributed by atoms with van der Waals surface area (Å²) < 4.78 is 0. The SMILES string of the molecule is CCC(CC)(CO)CNC(=O)C1CCC(=O)NC1. The molecule has 5 nitrogen and oxygen atoms in total. The Morgan fingerprint density at radius 3 is 2.61 bits per heavy atom. The fourth-order valence-corrected chi connectivity index (χ4v) is 2.16. The minimum atomic E-state index is -0.215. The molecule has 0 radical (unpaired) electrons. The average molecular weight is 256 g/mol. The molecule has 1 rings (SSSR count). The van der Waals surface area contributed by atoms with Gasteiger partial charge in [0.1, 0.15) is 0 Å². The van der Waals surface area contributed by atoms with E-state index < -0.39 is 0 Å². The molecule has 18 heavy (non-hydrogen) atoms. The molecule has 0 spiro atoms. The number of hydrogen-bond acceptors (Lipinski definition) is 3. The first-order chi connectivity index (χ1) is 8.56.